The van der Waals surface area contributed by atoms with Crippen LogP contribution in [0.5, 0.6) is 0 Å². The van der Waals surface area contributed by atoms with Gasteiger partial charge in [-0.2, -0.15) is 0 Å². The molecule has 0 radical (unpaired) electrons. The molecule has 5 heteroatoms. The van der Waals surface area contributed by atoms with E-state index in [0.29, 0.717) is 0 Å². The number of aromatic nitrogens is 2. The molecule has 4 aliphatic heterocycles. The van der Waals surface area contributed by atoms with Crippen LogP contribution in [0.2, 0.25) is 23.3 Å². The summed E-state index contributed by atoms with van der Waals surface area (Å²) in [5.74, 6) is 3.85. The highest BCUT2D eigenvalue weighted by Gasteiger charge is 2.53. The van der Waals surface area contributed by atoms with E-state index < -0.39 is 4.00 Å². The molecule has 4 fully saturated rings. The molecular formula is C20H33B2IN2. The number of nitrogens with zero attached hydrogens (tertiary/aromatic N) is 2. The molecule has 0 atom stereocenters. The number of fused-ring (bicyclic) bond motifs is 4. The van der Waals surface area contributed by atoms with Crippen molar-refractivity contribution in [3.8, 4) is 0 Å². The highest BCUT2D eigenvalue weighted by atomic mass is 127. The van der Waals surface area contributed by atoms with Crippen molar-refractivity contribution in [1.29, 1.82) is 0 Å². The van der Waals surface area contributed by atoms with E-state index in [1.54, 1.807) is 5.72 Å². The number of halogens is 1. The monoisotopic (exact) mass is 450 g/mol. The first-order valence-electron chi connectivity index (χ1n) is 11.1. The second-order valence-electron chi connectivity index (χ2n) is 9.82. The largest absolute Gasteiger partial charge is 0.380 e. The van der Waals surface area contributed by atoms with Gasteiger partial charge in [0.15, 0.2) is 4.00 Å². The average Bonchev–Trinajstić information content (AvgIpc) is 2.95. The lowest BCUT2D eigenvalue weighted by atomic mass is 9.25. The number of hydrogen-bond acceptors (Lipinski definition) is 0. The Kier molecular flexibility index (Phi) is 4.53. The first kappa shape index (κ1) is 17.2. The quantitative estimate of drug-likeness (QED) is 0.446. The normalized spacial score (nSPS) is 41.0. The summed E-state index contributed by atoms with van der Waals surface area (Å²) in [5, 5.41) is 0. The van der Waals surface area contributed by atoms with Gasteiger partial charge >= 0.3 is 6.85 Å². The molecule has 25 heavy (non-hydrogen) atoms. The van der Waals surface area contributed by atoms with Crippen LogP contribution >= 0.6 is 22.4 Å². The first-order valence-corrected chi connectivity index (χ1v) is 12.4. The number of hydrogen-bond donors (Lipinski definition) is 0. The average molecular weight is 450 g/mol. The lowest BCUT2D eigenvalue weighted by molar-refractivity contribution is -0.522. The molecule has 0 unspecified atom stereocenters. The molecular weight excluding hydrogens is 417 g/mol. The summed E-state index contributed by atoms with van der Waals surface area (Å²) in [6, 6.07) is 0. The van der Waals surface area contributed by atoms with Crippen LogP contribution in [0.1, 0.15) is 77.0 Å². The molecule has 4 aliphatic rings. The van der Waals surface area contributed by atoms with Crippen LogP contribution < -0.4 is 10.2 Å². The van der Waals surface area contributed by atoms with Gasteiger partial charge in [0.1, 0.15) is 12.4 Å². The van der Waals surface area contributed by atoms with Crippen LogP contribution in [0, 0.1) is 0 Å². The summed E-state index contributed by atoms with van der Waals surface area (Å²) in [7, 11) is 2.34. The minimum absolute atomic E-state index is 0.431. The molecule has 0 spiro atoms. The molecule has 5 rings (SSSR count). The number of aryl methyl sites for hydroxylation is 1. The van der Waals surface area contributed by atoms with Crippen LogP contribution in [0.4, 0.5) is 0 Å². The molecule has 1 aromatic rings. The van der Waals surface area contributed by atoms with E-state index in [1.807, 2.05) is 0 Å². The zero-order valence-electron chi connectivity index (χ0n) is 15.9. The molecule has 4 bridgehead atoms. The third kappa shape index (κ3) is 2.61. The molecule has 0 saturated carbocycles. The van der Waals surface area contributed by atoms with Crippen molar-refractivity contribution in [2.24, 2.45) is 7.05 Å². The van der Waals surface area contributed by atoms with E-state index in [1.165, 1.54) is 77.0 Å². The summed E-state index contributed by atoms with van der Waals surface area (Å²) in [5.41, 5.74) is 1.75. The number of imidazole rings is 1. The molecule has 0 aliphatic carbocycles. The van der Waals surface area contributed by atoms with Gasteiger partial charge < -0.3 is 26.9 Å². The van der Waals surface area contributed by atoms with Crippen molar-refractivity contribution in [3.05, 3.63) is 12.4 Å². The molecule has 0 amide bonds. The summed E-state index contributed by atoms with van der Waals surface area (Å²) < 4.78 is 4.98. The van der Waals surface area contributed by atoms with Crippen molar-refractivity contribution in [1.82, 2.24) is 4.57 Å². The highest BCUT2D eigenvalue weighted by molar-refractivity contribution is 14.1. The minimum atomic E-state index is -0.431. The van der Waals surface area contributed by atoms with Crippen LogP contribution in [-0.2, 0) is 7.05 Å². The van der Waals surface area contributed by atoms with E-state index in [9.17, 15) is 0 Å². The Bertz CT molecular complexity index is 602. The van der Waals surface area contributed by atoms with Crippen molar-refractivity contribution < 1.29 is 4.48 Å². The molecule has 0 aromatic carbocycles. The van der Waals surface area contributed by atoms with E-state index in [0.717, 1.165) is 30.1 Å². The molecule has 5 heterocycles. The number of rotatable bonds is 2. The standard InChI is InChI=1S/C20H33B2IN2/c1-24-14-15-25(21-16-6-2-7-17(21)9-3-8-16)20(24)22(23)18-10-4-11-19(22)13-5-12-18/h14-19H,2-13H2,1H3. The van der Waals surface area contributed by atoms with Gasteiger partial charge in [-0.05, 0) is 11.6 Å². The third-order valence-corrected chi connectivity index (χ3v) is 11.3. The predicted molar refractivity (Wildman–Crippen MR) is 117 cm³/mol. The zero-order chi connectivity index (χ0) is 17.0. The van der Waals surface area contributed by atoms with Crippen molar-refractivity contribution in [2.75, 3.05) is 0 Å². The first-order chi connectivity index (χ1) is 12.2. The van der Waals surface area contributed by atoms with Gasteiger partial charge in [0.2, 0.25) is 0 Å². The lowest BCUT2D eigenvalue weighted by Gasteiger charge is -2.54. The van der Waals surface area contributed by atoms with Crippen molar-refractivity contribution in [2.45, 2.75) is 100 Å². The van der Waals surface area contributed by atoms with Gasteiger partial charge in [-0.1, -0.05) is 77.0 Å². The van der Waals surface area contributed by atoms with E-state index >= 15 is 0 Å². The maximum atomic E-state index is 3.00. The lowest BCUT2D eigenvalue weighted by Crippen LogP contribution is -2.75. The topological polar surface area (TPSA) is 8.81 Å². The van der Waals surface area contributed by atoms with Gasteiger partial charge in [0, 0.05) is 0 Å². The fourth-order valence-corrected chi connectivity index (χ4v) is 9.94. The van der Waals surface area contributed by atoms with Gasteiger partial charge in [0.05, 0.1) is 12.8 Å². The van der Waals surface area contributed by atoms with Gasteiger partial charge in [-0.3, -0.25) is 4.57 Å². The Morgan fingerprint density at radius 1 is 0.920 bits per heavy atom. The highest BCUT2D eigenvalue weighted by Crippen LogP contribution is 2.55. The maximum Gasteiger partial charge on any atom is 0.380 e. The second kappa shape index (κ2) is 6.60. The molecule has 4 saturated heterocycles. The Morgan fingerprint density at radius 3 is 1.92 bits per heavy atom. The third-order valence-electron chi connectivity index (χ3n) is 8.73. The Morgan fingerprint density at radius 2 is 1.40 bits per heavy atom. The predicted octanol–water partition coefficient (Wildman–Crippen LogP) is 4.96. The Balaban J connectivity index is 1.60. The van der Waals surface area contributed by atoms with Crippen LogP contribution in [0.3, 0.4) is 0 Å². The van der Waals surface area contributed by atoms with E-state index in [-0.39, 0.29) is 0 Å². The Hall–Kier alpha value is 0.0699. The molecule has 2 nitrogen and oxygen atoms in total. The maximum absolute atomic E-state index is 3.00. The zero-order valence-corrected chi connectivity index (χ0v) is 18.0. The summed E-state index contributed by atoms with van der Waals surface area (Å²) in [6.45, 7) is 0.815. The smallest absolute Gasteiger partial charge is 0.334 e. The molecule has 0 N–H and O–H groups in total. The summed E-state index contributed by atoms with van der Waals surface area (Å²) >= 11 is 3.00. The summed E-state index contributed by atoms with van der Waals surface area (Å²) in [6.07, 6.45) is 22.7. The van der Waals surface area contributed by atoms with E-state index in [4.69, 9.17) is 0 Å². The fraction of sp³-hybridized carbons (Fsp3) is 0.850. The second-order valence-corrected chi connectivity index (χ2v) is 11.9. The fourth-order valence-electron chi connectivity index (χ4n) is 7.74. The molecule has 136 valence electrons. The van der Waals surface area contributed by atoms with Crippen LogP contribution in [-0.4, -0.2) is 15.4 Å². The van der Waals surface area contributed by atoms with Gasteiger partial charge in [-0.25, -0.2) is 0 Å². The Labute approximate surface area is 167 Å². The van der Waals surface area contributed by atoms with Crippen LogP contribution in [0.25, 0.3) is 0 Å². The van der Waals surface area contributed by atoms with Crippen molar-refractivity contribution in [3.63, 3.8) is 0 Å². The van der Waals surface area contributed by atoms with Gasteiger partial charge in [0.25, 0.3) is 0 Å². The summed E-state index contributed by atoms with van der Waals surface area (Å²) in [4.78, 5) is 0. The van der Waals surface area contributed by atoms with Gasteiger partial charge in [-0.15, -0.1) is 11.6 Å². The molecule has 1 aromatic heterocycles. The minimum Gasteiger partial charge on any atom is -0.334 e. The van der Waals surface area contributed by atoms with Crippen molar-refractivity contribution >= 4 is 38.9 Å². The SMILES string of the molecule is Cn1cc[n+](B2C3CCCC2CCC3)c1[B-]1(I)C2CCCC1CCC2. The van der Waals surface area contributed by atoms with E-state index in [2.05, 4.69) is 50.9 Å². The van der Waals surface area contributed by atoms with Crippen LogP contribution in [0.15, 0.2) is 12.4 Å².